The zero-order valence-electron chi connectivity index (χ0n) is 9.80. The standard InChI is InChI=1S/C11H16N2O3S/c1-3-9(11(13)14)17(15,16)10-6-8(12)5-4-7(10)2/h4-6,9H,3,12H2,1-2H3,(H2,13,14). The van der Waals surface area contributed by atoms with Gasteiger partial charge in [0.15, 0.2) is 9.84 Å². The summed E-state index contributed by atoms with van der Waals surface area (Å²) in [4.78, 5) is 11.2. The number of aryl methyl sites for hydroxylation is 1. The average Bonchev–Trinajstić information content (AvgIpc) is 2.21. The fourth-order valence-corrected chi connectivity index (χ4v) is 3.52. The second-order valence-corrected chi connectivity index (χ2v) is 5.97. The van der Waals surface area contributed by atoms with E-state index in [0.29, 0.717) is 11.3 Å². The third kappa shape index (κ3) is 2.58. The van der Waals surface area contributed by atoms with Crippen LogP contribution in [0.2, 0.25) is 0 Å². The number of amides is 1. The van der Waals surface area contributed by atoms with Crippen molar-refractivity contribution in [1.82, 2.24) is 0 Å². The van der Waals surface area contributed by atoms with Crippen molar-refractivity contribution in [2.45, 2.75) is 30.4 Å². The summed E-state index contributed by atoms with van der Waals surface area (Å²) in [7, 11) is -3.76. The predicted molar refractivity (Wildman–Crippen MR) is 66.1 cm³/mol. The number of primary amides is 1. The van der Waals surface area contributed by atoms with Crippen LogP contribution in [0.5, 0.6) is 0 Å². The lowest BCUT2D eigenvalue weighted by atomic mass is 10.2. The van der Waals surface area contributed by atoms with Gasteiger partial charge in [0, 0.05) is 5.69 Å². The van der Waals surface area contributed by atoms with Crippen molar-refractivity contribution in [1.29, 1.82) is 0 Å². The number of anilines is 1. The number of hydrogen-bond acceptors (Lipinski definition) is 4. The van der Waals surface area contributed by atoms with Gasteiger partial charge in [-0.15, -0.1) is 0 Å². The molecule has 1 atom stereocenters. The molecule has 1 amide bonds. The SMILES string of the molecule is CCC(C(N)=O)S(=O)(=O)c1cc(N)ccc1C. The minimum Gasteiger partial charge on any atom is -0.399 e. The highest BCUT2D eigenvalue weighted by Gasteiger charge is 2.31. The van der Waals surface area contributed by atoms with E-state index in [0.717, 1.165) is 0 Å². The number of nitrogen functional groups attached to an aromatic ring is 1. The molecule has 0 radical (unpaired) electrons. The molecule has 1 unspecified atom stereocenters. The number of hydrogen-bond donors (Lipinski definition) is 2. The highest BCUT2D eigenvalue weighted by Crippen LogP contribution is 2.24. The number of nitrogens with two attached hydrogens (primary N) is 2. The van der Waals surface area contributed by atoms with Crippen LogP contribution in [0.25, 0.3) is 0 Å². The van der Waals surface area contributed by atoms with E-state index in [1.807, 2.05) is 0 Å². The normalized spacial score (nSPS) is 13.3. The third-order valence-electron chi connectivity index (χ3n) is 2.58. The van der Waals surface area contributed by atoms with E-state index in [2.05, 4.69) is 0 Å². The highest BCUT2D eigenvalue weighted by molar-refractivity contribution is 7.92. The lowest BCUT2D eigenvalue weighted by Gasteiger charge is -2.14. The summed E-state index contributed by atoms with van der Waals surface area (Å²) in [6.07, 6.45) is 0.145. The quantitative estimate of drug-likeness (QED) is 0.770. The summed E-state index contributed by atoms with van der Waals surface area (Å²) < 4.78 is 24.4. The van der Waals surface area contributed by atoms with Gasteiger partial charge in [-0.25, -0.2) is 8.42 Å². The maximum Gasteiger partial charge on any atom is 0.236 e. The fraction of sp³-hybridized carbons (Fsp3) is 0.364. The Bertz CT molecular complexity index is 538. The van der Waals surface area contributed by atoms with E-state index >= 15 is 0 Å². The molecule has 6 heteroatoms. The molecule has 1 aromatic carbocycles. The molecular formula is C11H16N2O3S. The molecule has 0 spiro atoms. The first-order valence-corrected chi connectivity index (χ1v) is 6.74. The molecule has 0 fully saturated rings. The van der Waals surface area contributed by atoms with Crippen LogP contribution >= 0.6 is 0 Å². The van der Waals surface area contributed by atoms with Crippen molar-refractivity contribution in [3.8, 4) is 0 Å². The largest absolute Gasteiger partial charge is 0.399 e. The zero-order valence-corrected chi connectivity index (χ0v) is 10.6. The molecule has 0 aliphatic carbocycles. The Morgan fingerprint density at radius 2 is 2.00 bits per heavy atom. The van der Waals surface area contributed by atoms with Gasteiger partial charge in [0.1, 0.15) is 5.25 Å². The van der Waals surface area contributed by atoms with Gasteiger partial charge >= 0.3 is 0 Å². The zero-order chi connectivity index (χ0) is 13.2. The summed E-state index contributed by atoms with van der Waals surface area (Å²) in [6.45, 7) is 3.26. The Balaban J connectivity index is 3.40. The van der Waals surface area contributed by atoms with Crippen LogP contribution in [0.4, 0.5) is 5.69 Å². The molecule has 0 heterocycles. The first-order valence-electron chi connectivity index (χ1n) is 5.20. The van der Waals surface area contributed by atoms with Crippen molar-refractivity contribution in [3.63, 3.8) is 0 Å². The summed E-state index contributed by atoms with van der Waals surface area (Å²) in [5, 5.41) is -1.21. The lowest BCUT2D eigenvalue weighted by Crippen LogP contribution is -2.35. The van der Waals surface area contributed by atoms with Crippen molar-refractivity contribution < 1.29 is 13.2 Å². The Labute approximate surface area is 101 Å². The highest BCUT2D eigenvalue weighted by atomic mass is 32.2. The van der Waals surface area contributed by atoms with Gasteiger partial charge in [0.25, 0.3) is 0 Å². The Morgan fingerprint density at radius 3 is 2.47 bits per heavy atom. The van der Waals surface area contributed by atoms with Crippen molar-refractivity contribution in [3.05, 3.63) is 23.8 Å². The summed E-state index contributed by atoms with van der Waals surface area (Å²) in [6, 6.07) is 4.58. The molecular weight excluding hydrogens is 240 g/mol. The van der Waals surface area contributed by atoms with E-state index in [-0.39, 0.29) is 11.3 Å². The van der Waals surface area contributed by atoms with Gasteiger partial charge in [-0.1, -0.05) is 13.0 Å². The van der Waals surface area contributed by atoms with Gasteiger partial charge in [-0.2, -0.15) is 0 Å². The predicted octanol–water partition coefficient (Wildman–Crippen LogP) is 0.615. The van der Waals surface area contributed by atoms with Crippen LogP contribution in [0.3, 0.4) is 0 Å². The summed E-state index contributed by atoms with van der Waals surface area (Å²) >= 11 is 0. The van der Waals surface area contributed by atoms with E-state index in [1.54, 1.807) is 26.0 Å². The van der Waals surface area contributed by atoms with Crippen molar-refractivity contribution in [2.24, 2.45) is 5.73 Å². The van der Waals surface area contributed by atoms with E-state index < -0.39 is 21.0 Å². The number of carbonyl (C=O) groups excluding carboxylic acids is 1. The van der Waals surface area contributed by atoms with Crippen LogP contribution < -0.4 is 11.5 Å². The molecule has 94 valence electrons. The van der Waals surface area contributed by atoms with Gasteiger partial charge in [0.2, 0.25) is 5.91 Å². The molecule has 17 heavy (non-hydrogen) atoms. The van der Waals surface area contributed by atoms with Crippen LogP contribution in [0.1, 0.15) is 18.9 Å². The second kappa shape index (κ2) is 4.75. The maximum atomic E-state index is 12.2. The lowest BCUT2D eigenvalue weighted by molar-refractivity contribution is -0.117. The molecule has 0 saturated heterocycles. The topological polar surface area (TPSA) is 103 Å². The van der Waals surface area contributed by atoms with E-state index in [1.165, 1.54) is 6.07 Å². The fourth-order valence-electron chi connectivity index (χ4n) is 1.65. The minimum absolute atomic E-state index is 0.0724. The number of benzene rings is 1. The van der Waals surface area contributed by atoms with Crippen LogP contribution in [-0.4, -0.2) is 19.6 Å². The molecule has 0 bridgehead atoms. The number of carbonyl (C=O) groups is 1. The molecule has 1 rings (SSSR count). The van der Waals surface area contributed by atoms with Crippen LogP contribution in [-0.2, 0) is 14.6 Å². The number of rotatable bonds is 4. The monoisotopic (exact) mass is 256 g/mol. The number of sulfone groups is 1. The first kappa shape index (κ1) is 13.5. The smallest absolute Gasteiger partial charge is 0.236 e. The van der Waals surface area contributed by atoms with E-state index in [9.17, 15) is 13.2 Å². The first-order chi connectivity index (χ1) is 7.80. The second-order valence-electron chi connectivity index (χ2n) is 3.87. The Kier molecular flexibility index (Phi) is 3.77. The Hall–Kier alpha value is -1.56. The molecule has 1 aromatic rings. The molecule has 0 saturated carbocycles. The van der Waals surface area contributed by atoms with Gasteiger partial charge < -0.3 is 11.5 Å². The molecule has 0 aliphatic heterocycles. The maximum absolute atomic E-state index is 12.2. The van der Waals surface area contributed by atoms with Crippen LogP contribution in [0, 0.1) is 6.92 Å². The van der Waals surface area contributed by atoms with E-state index in [4.69, 9.17) is 11.5 Å². The molecule has 0 aromatic heterocycles. The van der Waals surface area contributed by atoms with Gasteiger partial charge in [0.05, 0.1) is 4.90 Å². The third-order valence-corrected chi connectivity index (χ3v) is 4.95. The van der Waals surface area contributed by atoms with Gasteiger partial charge in [-0.3, -0.25) is 4.79 Å². The molecule has 4 N–H and O–H groups in total. The molecule has 5 nitrogen and oxygen atoms in total. The van der Waals surface area contributed by atoms with Gasteiger partial charge in [-0.05, 0) is 31.0 Å². The van der Waals surface area contributed by atoms with Crippen molar-refractivity contribution in [2.75, 3.05) is 5.73 Å². The Morgan fingerprint density at radius 1 is 1.41 bits per heavy atom. The summed E-state index contributed by atoms with van der Waals surface area (Å²) in [5.74, 6) is -0.839. The summed E-state index contributed by atoms with van der Waals surface area (Å²) in [5.41, 5.74) is 11.6. The van der Waals surface area contributed by atoms with Crippen molar-refractivity contribution >= 4 is 21.4 Å². The van der Waals surface area contributed by atoms with Crippen LogP contribution in [0.15, 0.2) is 23.1 Å². The minimum atomic E-state index is -3.76. The molecule has 0 aliphatic rings. The average molecular weight is 256 g/mol.